The van der Waals surface area contributed by atoms with Crippen LogP contribution in [0, 0.1) is 0 Å². The normalized spacial score (nSPS) is 13.5. The van der Waals surface area contributed by atoms with Gasteiger partial charge in [0.25, 0.3) is 0 Å². The van der Waals surface area contributed by atoms with Gasteiger partial charge >= 0.3 is 0 Å². The number of pyridine rings is 3. The van der Waals surface area contributed by atoms with Crippen LogP contribution in [0.2, 0.25) is 0 Å². The molecule has 4 heterocycles. The lowest BCUT2D eigenvalue weighted by Gasteiger charge is -2.09. The number of nitrogens with zero attached hydrogens (tertiary/aromatic N) is 4. The minimum atomic E-state index is 0.886. The zero-order valence-electron chi connectivity index (χ0n) is 16.6. The summed E-state index contributed by atoms with van der Waals surface area (Å²) in [5, 5.41) is 1.05. The van der Waals surface area contributed by atoms with Gasteiger partial charge in [0.15, 0.2) is 0 Å². The molecule has 0 spiro atoms. The smallest absolute Gasteiger partial charge is 0.147 e. The maximum Gasteiger partial charge on any atom is 0.147 e. The van der Waals surface area contributed by atoms with Gasteiger partial charge in [-0.15, -0.1) is 0 Å². The zero-order chi connectivity index (χ0) is 20.1. The van der Waals surface area contributed by atoms with Gasteiger partial charge in [-0.05, 0) is 70.6 Å². The Kier molecular flexibility index (Phi) is 2.72. The van der Waals surface area contributed by atoms with Crippen molar-refractivity contribution in [3.8, 4) is 22.4 Å². The molecule has 0 amide bonds. The third kappa shape index (κ3) is 1.88. The average Bonchev–Trinajstić information content (AvgIpc) is 3.47. The Morgan fingerprint density at radius 3 is 2.45 bits per heavy atom. The summed E-state index contributed by atoms with van der Waals surface area (Å²) in [4.78, 5) is 14.5. The van der Waals surface area contributed by atoms with Gasteiger partial charge in [-0.3, -0.25) is 14.4 Å². The number of hydrogen-bond donors (Lipinski definition) is 0. The second-order valence-electron chi connectivity index (χ2n) is 8.51. The van der Waals surface area contributed by atoms with Gasteiger partial charge in [-0.2, -0.15) is 0 Å². The second kappa shape index (κ2) is 5.35. The molecule has 0 saturated carbocycles. The molecule has 6 aromatic rings. The molecule has 0 bridgehead atoms. The molecule has 2 aliphatic carbocycles. The number of fused-ring (bicyclic) bond motifs is 13. The van der Waals surface area contributed by atoms with Gasteiger partial charge in [-0.1, -0.05) is 24.3 Å². The summed E-state index contributed by atoms with van der Waals surface area (Å²) in [6, 6.07) is 21.8. The molecule has 8 rings (SSSR count). The molecule has 0 fully saturated rings. The highest BCUT2D eigenvalue weighted by Gasteiger charge is 2.29. The molecule has 0 atom stereocenters. The second-order valence-corrected chi connectivity index (χ2v) is 8.51. The van der Waals surface area contributed by atoms with Crippen LogP contribution in [0.4, 0.5) is 0 Å². The molecular formula is C27H16N4. The Hall–Kier alpha value is -4.05. The number of aromatic nitrogens is 4. The van der Waals surface area contributed by atoms with E-state index in [1.165, 1.54) is 39.1 Å². The highest BCUT2D eigenvalue weighted by atomic mass is 15.0. The molecule has 144 valence electrons. The molecule has 4 nitrogen and oxygen atoms in total. The standard InChI is InChI=1S/C27H16N4/c1-2-6-18-15(5-1)11-16-13-21-17(12-20(16)18)14-23-24(21)30-27-19-7-3-9-28-25(19)26-22(31(23)27)8-4-10-29-26/h1-10,12-13H,11,14H2. The van der Waals surface area contributed by atoms with Crippen LogP contribution in [0.3, 0.4) is 0 Å². The minimum Gasteiger partial charge on any atom is -0.293 e. The monoisotopic (exact) mass is 396 g/mol. The fourth-order valence-corrected chi connectivity index (χ4v) is 5.58. The Labute approximate surface area is 177 Å². The van der Waals surface area contributed by atoms with Crippen LogP contribution in [-0.2, 0) is 12.8 Å². The average molecular weight is 396 g/mol. The van der Waals surface area contributed by atoms with Crippen molar-refractivity contribution < 1.29 is 0 Å². The Balaban J connectivity index is 1.46. The summed E-state index contributed by atoms with van der Waals surface area (Å²) in [5.41, 5.74) is 14.5. The van der Waals surface area contributed by atoms with Crippen LogP contribution in [0.25, 0.3) is 50.0 Å². The van der Waals surface area contributed by atoms with Crippen molar-refractivity contribution in [2.75, 3.05) is 0 Å². The van der Waals surface area contributed by atoms with Crippen molar-refractivity contribution in [1.29, 1.82) is 0 Å². The van der Waals surface area contributed by atoms with Crippen LogP contribution in [0.1, 0.15) is 22.4 Å². The van der Waals surface area contributed by atoms with Gasteiger partial charge in [0.05, 0.1) is 16.9 Å². The van der Waals surface area contributed by atoms with Crippen molar-refractivity contribution in [2.45, 2.75) is 12.8 Å². The van der Waals surface area contributed by atoms with E-state index < -0.39 is 0 Å². The van der Waals surface area contributed by atoms with Crippen LogP contribution in [0.5, 0.6) is 0 Å². The molecule has 31 heavy (non-hydrogen) atoms. The maximum atomic E-state index is 5.18. The van der Waals surface area contributed by atoms with Crippen molar-refractivity contribution in [3.63, 3.8) is 0 Å². The van der Waals surface area contributed by atoms with Crippen LogP contribution in [-0.4, -0.2) is 19.4 Å². The first-order valence-electron chi connectivity index (χ1n) is 10.6. The van der Waals surface area contributed by atoms with E-state index >= 15 is 0 Å². The molecule has 2 aliphatic rings. The molecule has 0 saturated heterocycles. The number of hydrogen-bond acceptors (Lipinski definition) is 3. The first-order chi connectivity index (χ1) is 15.4. The van der Waals surface area contributed by atoms with E-state index in [0.29, 0.717) is 0 Å². The van der Waals surface area contributed by atoms with Gasteiger partial charge in [0.1, 0.15) is 16.7 Å². The maximum absolute atomic E-state index is 5.18. The Morgan fingerprint density at radius 1 is 0.677 bits per heavy atom. The van der Waals surface area contributed by atoms with E-state index in [2.05, 4.69) is 62.9 Å². The first kappa shape index (κ1) is 15.7. The number of imidazole rings is 1. The summed E-state index contributed by atoms with van der Waals surface area (Å²) in [5.74, 6) is 0. The third-order valence-electron chi connectivity index (χ3n) is 6.90. The van der Waals surface area contributed by atoms with E-state index in [-0.39, 0.29) is 0 Å². The van der Waals surface area contributed by atoms with Crippen LogP contribution >= 0.6 is 0 Å². The first-order valence-corrected chi connectivity index (χ1v) is 10.6. The molecule has 4 heteroatoms. The fourth-order valence-electron chi connectivity index (χ4n) is 5.58. The van der Waals surface area contributed by atoms with Gasteiger partial charge in [0.2, 0.25) is 0 Å². The van der Waals surface area contributed by atoms with E-state index in [1.807, 2.05) is 24.5 Å². The molecule has 4 aromatic heterocycles. The molecule has 0 radical (unpaired) electrons. The summed E-state index contributed by atoms with van der Waals surface area (Å²) < 4.78 is 2.31. The van der Waals surface area contributed by atoms with E-state index in [9.17, 15) is 0 Å². The van der Waals surface area contributed by atoms with E-state index in [0.717, 1.165) is 46.1 Å². The quantitative estimate of drug-likeness (QED) is 0.315. The summed E-state index contributed by atoms with van der Waals surface area (Å²) in [7, 11) is 0. The third-order valence-corrected chi connectivity index (χ3v) is 6.90. The lowest BCUT2D eigenvalue weighted by atomic mass is 9.99. The highest BCUT2D eigenvalue weighted by molar-refractivity contribution is 6.08. The lowest BCUT2D eigenvalue weighted by Crippen LogP contribution is -1.98. The highest BCUT2D eigenvalue weighted by Crippen LogP contribution is 2.45. The molecular weight excluding hydrogens is 380 g/mol. The van der Waals surface area contributed by atoms with Gasteiger partial charge < -0.3 is 0 Å². The topological polar surface area (TPSA) is 43.1 Å². The zero-order valence-corrected chi connectivity index (χ0v) is 16.6. The SMILES string of the molecule is c1ccc2c(c1)Cc1cc3c(cc1-2)Cc1c-3nc2c3cccnc3c3ncccc3n12. The van der Waals surface area contributed by atoms with Gasteiger partial charge in [-0.25, -0.2) is 4.98 Å². The van der Waals surface area contributed by atoms with Crippen LogP contribution in [0.15, 0.2) is 73.1 Å². The molecule has 0 unspecified atom stereocenters. The van der Waals surface area contributed by atoms with Crippen molar-refractivity contribution >= 4 is 27.6 Å². The van der Waals surface area contributed by atoms with E-state index in [4.69, 9.17) is 4.98 Å². The molecule has 2 aromatic carbocycles. The van der Waals surface area contributed by atoms with Gasteiger partial charge in [0, 0.05) is 29.8 Å². The van der Waals surface area contributed by atoms with E-state index in [1.54, 1.807) is 0 Å². The number of rotatable bonds is 0. The summed E-state index contributed by atoms with van der Waals surface area (Å²) in [6.45, 7) is 0. The number of benzene rings is 2. The molecule has 0 aliphatic heterocycles. The van der Waals surface area contributed by atoms with Crippen LogP contribution < -0.4 is 0 Å². The Bertz CT molecular complexity index is 1740. The largest absolute Gasteiger partial charge is 0.293 e. The van der Waals surface area contributed by atoms with Crippen molar-refractivity contribution in [3.05, 3.63) is 95.4 Å². The Morgan fingerprint density at radius 2 is 1.48 bits per heavy atom. The fraction of sp³-hybridized carbons (Fsp3) is 0.0741. The summed E-state index contributed by atoms with van der Waals surface area (Å²) in [6.07, 6.45) is 5.56. The lowest BCUT2D eigenvalue weighted by molar-refractivity contribution is 1.09. The van der Waals surface area contributed by atoms with Crippen molar-refractivity contribution in [1.82, 2.24) is 19.4 Å². The molecule has 0 N–H and O–H groups in total. The minimum absolute atomic E-state index is 0.886. The predicted octanol–water partition coefficient (Wildman–Crippen LogP) is 5.57. The predicted molar refractivity (Wildman–Crippen MR) is 122 cm³/mol. The summed E-state index contributed by atoms with van der Waals surface area (Å²) >= 11 is 0. The van der Waals surface area contributed by atoms with Crippen molar-refractivity contribution in [2.24, 2.45) is 0 Å².